The lowest BCUT2D eigenvalue weighted by Crippen LogP contribution is -2.10. The second-order valence-corrected chi connectivity index (χ2v) is 6.06. The summed E-state index contributed by atoms with van der Waals surface area (Å²) in [5.74, 6) is 0.802. The van der Waals surface area contributed by atoms with Crippen LogP contribution in [-0.4, -0.2) is 15.6 Å². The van der Waals surface area contributed by atoms with Crippen LogP contribution in [-0.2, 0) is 24.7 Å². The van der Waals surface area contributed by atoms with Gasteiger partial charge in [-0.25, -0.2) is 0 Å². The number of halogens is 1. The van der Waals surface area contributed by atoms with E-state index in [4.69, 9.17) is 11.6 Å². The van der Waals surface area contributed by atoms with E-state index in [1.807, 2.05) is 32.2 Å². The molecule has 2 unspecified atom stereocenters. The Bertz CT molecular complexity index is 663. The predicted octanol–water partition coefficient (Wildman–Crippen LogP) is 3.55. The van der Waals surface area contributed by atoms with Crippen molar-refractivity contribution in [2.24, 2.45) is 13.0 Å². The fourth-order valence-electron chi connectivity index (χ4n) is 2.93. The standard InChI is InChI=1S/C17H19ClN2O/c1-3-14-17(18)15(20(2)19-14)10-16(21)13-9-12(13)11-7-5-4-6-8-11/h4-8,12-13H,3,9-10H2,1-2H3. The maximum absolute atomic E-state index is 12.5. The third-order valence-corrected chi connectivity index (χ3v) is 4.71. The van der Waals surface area contributed by atoms with E-state index >= 15 is 0 Å². The van der Waals surface area contributed by atoms with Crippen LogP contribution in [0.15, 0.2) is 30.3 Å². The summed E-state index contributed by atoms with van der Waals surface area (Å²) in [6, 6.07) is 10.3. The van der Waals surface area contributed by atoms with Crippen molar-refractivity contribution in [3.63, 3.8) is 0 Å². The molecule has 4 heteroatoms. The molecule has 0 saturated heterocycles. The van der Waals surface area contributed by atoms with Crippen LogP contribution in [0, 0.1) is 5.92 Å². The number of aryl methyl sites for hydroxylation is 2. The first-order chi connectivity index (χ1) is 10.1. The van der Waals surface area contributed by atoms with Crippen LogP contribution >= 0.6 is 11.6 Å². The minimum Gasteiger partial charge on any atom is -0.299 e. The number of carbonyl (C=O) groups is 1. The minimum absolute atomic E-state index is 0.142. The molecule has 2 aromatic rings. The van der Waals surface area contributed by atoms with Gasteiger partial charge in [-0.1, -0.05) is 48.9 Å². The Morgan fingerprint density at radius 1 is 1.38 bits per heavy atom. The molecule has 0 N–H and O–H groups in total. The Morgan fingerprint density at radius 2 is 2.10 bits per heavy atom. The monoisotopic (exact) mass is 302 g/mol. The largest absolute Gasteiger partial charge is 0.299 e. The summed E-state index contributed by atoms with van der Waals surface area (Å²) in [7, 11) is 1.86. The first-order valence-electron chi connectivity index (χ1n) is 7.39. The summed E-state index contributed by atoms with van der Waals surface area (Å²) in [4.78, 5) is 12.5. The Hall–Kier alpha value is -1.61. The van der Waals surface area contributed by atoms with Gasteiger partial charge in [-0.2, -0.15) is 5.10 Å². The van der Waals surface area contributed by atoms with Crippen LogP contribution in [0.2, 0.25) is 5.02 Å². The van der Waals surface area contributed by atoms with E-state index in [1.165, 1.54) is 5.56 Å². The molecule has 1 aliphatic carbocycles. The summed E-state index contributed by atoms with van der Waals surface area (Å²) in [5.41, 5.74) is 2.98. The number of ketones is 1. The van der Waals surface area contributed by atoms with Crippen LogP contribution < -0.4 is 0 Å². The van der Waals surface area contributed by atoms with E-state index < -0.39 is 0 Å². The van der Waals surface area contributed by atoms with E-state index in [0.29, 0.717) is 17.4 Å². The van der Waals surface area contributed by atoms with Gasteiger partial charge in [0.25, 0.3) is 0 Å². The van der Waals surface area contributed by atoms with Gasteiger partial charge >= 0.3 is 0 Å². The van der Waals surface area contributed by atoms with E-state index in [2.05, 4.69) is 17.2 Å². The fraction of sp³-hybridized carbons (Fsp3) is 0.412. The summed E-state index contributed by atoms with van der Waals surface area (Å²) >= 11 is 6.32. The SMILES string of the molecule is CCc1nn(C)c(CC(=O)C2CC2c2ccccc2)c1Cl. The van der Waals surface area contributed by atoms with E-state index in [-0.39, 0.29) is 11.7 Å². The zero-order chi connectivity index (χ0) is 15.0. The van der Waals surface area contributed by atoms with Gasteiger partial charge in [0.2, 0.25) is 0 Å². The minimum atomic E-state index is 0.142. The van der Waals surface area contributed by atoms with Crippen LogP contribution in [0.25, 0.3) is 0 Å². The number of carbonyl (C=O) groups excluding carboxylic acids is 1. The molecule has 1 fully saturated rings. The number of aromatic nitrogens is 2. The van der Waals surface area contributed by atoms with E-state index in [1.54, 1.807) is 4.68 Å². The van der Waals surface area contributed by atoms with Crippen LogP contribution in [0.3, 0.4) is 0 Å². The Labute approximate surface area is 129 Å². The van der Waals surface area contributed by atoms with E-state index in [0.717, 1.165) is 24.2 Å². The topological polar surface area (TPSA) is 34.9 Å². The fourth-order valence-corrected chi connectivity index (χ4v) is 3.29. The highest BCUT2D eigenvalue weighted by Gasteiger charge is 2.43. The molecular weight excluding hydrogens is 284 g/mol. The first kappa shape index (κ1) is 14.3. The summed E-state index contributed by atoms with van der Waals surface area (Å²) in [5, 5.41) is 5.03. The second kappa shape index (κ2) is 5.64. The molecule has 0 spiro atoms. The molecule has 0 aliphatic heterocycles. The van der Waals surface area contributed by atoms with E-state index in [9.17, 15) is 4.79 Å². The molecule has 21 heavy (non-hydrogen) atoms. The van der Waals surface area contributed by atoms with Gasteiger partial charge in [-0.3, -0.25) is 9.48 Å². The Kier molecular flexibility index (Phi) is 3.85. The number of hydrogen-bond donors (Lipinski definition) is 0. The zero-order valence-corrected chi connectivity index (χ0v) is 13.1. The van der Waals surface area contributed by atoms with Crippen LogP contribution in [0.1, 0.15) is 36.2 Å². The van der Waals surface area contributed by atoms with Gasteiger partial charge in [0.15, 0.2) is 0 Å². The Morgan fingerprint density at radius 3 is 2.71 bits per heavy atom. The normalized spacial score (nSPS) is 20.5. The van der Waals surface area contributed by atoms with Crippen molar-refractivity contribution >= 4 is 17.4 Å². The first-order valence-corrected chi connectivity index (χ1v) is 7.77. The quantitative estimate of drug-likeness (QED) is 0.846. The van der Waals surface area contributed by atoms with Crippen LogP contribution in [0.4, 0.5) is 0 Å². The third-order valence-electron chi connectivity index (χ3n) is 4.28. The number of nitrogens with zero attached hydrogens (tertiary/aromatic N) is 2. The molecule has 0 bridgehead atoms. The molecule has 2 atom stereocenters. The maximum atomic E-state index is 12.5. The highest BCUT2D eigenvalue weighted by molar-refractivity contribution is 6.32. The molecular formula is C17H19ClN2O. The van der Waals surface area contributed by atoms with Crippen molar-refractivity contribution in [3.8, 4) is 0 Å². The summed E-state index contributed by atoms with van der Waals surface area (Å²) in [6.45, 7) is 2.02. The average molecular weight is 303 g/mol. The van der Waals surface area contributed by atoms with Gasteiger partial charge in [-0.05, 0) is 24.3 Å². The van der Waals surface area contributed by atoms with Gasteiger partial charge in [-0.15, -0.1) is 0 Å². The lowest BCUT2D eigenvalue weighted by atomic mass is 10.0. The lowest BCUT2D eigenvalue weighted by molar-refractivity contribution is -0.119. The van der Waals surface area contributed by atoms with Crippen molar-refractivity contribution in [2.45, 2.75) is 32.1 Å². The summed E-state index contributed by atoms with van der Waals surface area (Å²) < 4.78 is 1.75. The van der Waals surface area contributed by atoms with Crippen molar-refractivity contribution in [1.82, 2.24) is 9.78 Å². The lowest BCUT2D eigenvalue weighted by Gasteiger charge is -2.03. The van der Waals surface area contributed by atoms with Crippen molar-refractivity contribution in [2.75, 3.05) is 0 Å². The molecule has 1 heterocycles. The third kappa shape index (κ3) is 2.75. The highest BCUT2D eigenvalue weighted by Crippen LogP contribution is 2.48. The van der Waals surface area contributed by atoms with Crippen molar-refractivity contribution < 1.29 is 4.79 Å². The molecule has 1 aromatic heterocycles. The number of rotatable bonds is 5. The second-order valence-electron chi connectivity index (χ2n) is 5.69. The van der Waals surface area contributed by atoms with Gasteiger partial charge in [0, 0.05) is 13.0 Å². The zero-order valence-electron chi connectivity index (χ0n) is 12.3. The molecule has 110 valence electrons. The van der Waals surface area contributed by atoms with Gasteiger partial charge in [0.05, 0.1) is 22.8 Å². The van der Waals surface area contributed by atoms with Crippen molar-refractivity contribution in [3.05, 3.63) is 52.3 Å². The van der Waals surface area contributed by atoms with Crippen molar-refractivity contribution in [1.29, 1.82) is 0 Å². The molecule has 3 nitrogen and oxygen atoms in total. The van der Waals surface area contributed by atoms with Gasteiger partial charge < -0.3 is 0 Å². The molecule has 1 saturated carbocycles. The van der Waals surface area contributed by atoms with Crippen LogP contribution in [0.5, 0.6) is 0 Å². The molecule has 0 radical (unpaired) electrons. The smallest absolute Gasteiger partial charge is 0.142 e. The number of benzene rings is 1. The highest BCUT2D eigenvalue weighted by atomic mass is 35.5. The molecule has 1 aliphatic rings. The average Bonchev–Trinajstić information content (AvgIpc) is 3.26. The Balaban J connectivity index is 1.70. The van der Waals surface area contributed by atoms with Gasteiger partial charge in [0.1, 0.15) is 5.78 Å². The number of hydrogen-bond acceptors (Lipinski definition) is 2. The summed E-state index contributed by atoms with van der Waals surface area (Å²) in [6.07, 6.45) is 2.13. The molecule has 0 amide bonds. The molecule has 1 aromatic carbocycles. The predicted molar refractivity (Wildman–Crippen MR) is 83.6 cm³/mol. The maximum Gasteiger partial charge on any atom is 0.142 e. The number of Topliss-reactive ketones (excluding diaryl/α,β-unsaturated/α-hetero) is 1. The molecule has 3 rings (SSSR count).